The molecule has 0 aliphatic rings. The molecule has 0 heterocycles. The number of benzene rings is 2. The molecule has 0 unspecified atom stereocenters. The lowest BCUT2D eigenvalue weighted by atomic mass is 10.1. The van der Waals surface area contributed by atoms with Crippen LogP contribution in [0.3, 0.4) is 0 Å². The molecular weight excluding hydrogens is 182 g/mol. The number of aryl methyl sites for hydroxylation is 1. The first-order valence-corrected chi connectivity index (χ1v) is 4.45. The molecule has 2 heteroatoms. The van der Waals surface area contributed by atoms with Crippen LogP contribution in [0.5, 0.6) is 0 Å². The molecule has 0 aliphatic carbocycles. The average Bonchev–Trinajstić information content (AvgIpc) is 2.16. The molecule has 0 atom stereocenters. The van der Waals surface area contributed by atoms with Gasteiger partial charge in [0.2, 0.25) is 0 Å². The molecule has 0 amide bonds. The van der Waals surface area contributed by atoms with Gasteiger partial charge in [0.25, 0.3) is 6.43 Å². The van der Waals surface area contributed by atoms with Crippen molar-refractivity contribution < 1.29 is 8.78 Å². The highest BCUT2D eigenvalue weighted by Gasteiger charge is 2.06. The molecule has 0 nitrogen and oxygen atoms in total. The molecule has 0 saturated heterocycles. The lowest BCUT2D eigenvalue weighted by Crippen LogP contribution is -1.84. The van der Waals surface area contributed by atoms with Crippen molar-refractivity contribution in [2.45, 2.75) is 13.3 Å². The van der Waals surface area contributed by atoms with E-state index < -0.39 is 6.43 Å². The van der Waals surface area contributed by atoms with E-state index in [0.29, 0.717) is 0 Å². The van der Waals surface area contributed by atoms with Gasteiger partial charge in [0.15, 0.2) is 0 Å². The van der Waals surface area contributed by atoms with Crippen LogP contribution in [0.25, 0.3) is 10.8 Å². The number of rotatable bonds is 1. The molecule has 2 rings (SSSR count). The summed E-state index contributed by atoms with van der Waals surface area (Å²) in [7, 11) is 0. The fourth-order valence-electron chi connectivity index (χ4n) is 1.52. The van der Waals surface area contributed by atoms with Crippen molar-refractivity contribution in [1.82, 2.24) is 0 Å². The van der Waals surface area contributed by atoms with Gasteiger partial charge in [-0.15, -0.1) is 0 Å². The summed E-state index contributed by atoms with van der Waals surface area (Å²) in [6.07, 6.45) is -2.39. The molecule has 0 aliphatic heterocycles. The summed E-state index contributed by atoms with van der Waals surface area (Å²) < 4.78 is 24.8. The molecule has 72 valence electrons. The SMILES string of the molecule is Cc1ccc2ccc(C(F)F)cc2c1. The Kier molecular flexibility index (Phi) is 2.20. The van der Waals surface area contributed by atoms with Gasteiger partial charge in [0.1, 0.15) is 0 Å². The van der Waals surface area contributed by atoms with Crippen molar-refractivity contribution in [2.24, 2.45) is 0 Å². The van der Waals surface area contributed by atoms with E-state index in [9.17, 15) is 8.78 Å². The van der Waals surface area contributed by atoms with Crippen LogP contribution in [0, 0.1) is 6.92 Å². The summed E-state index contributed by atoms with van der Waals surface area (Å²) in [5, 5.41) is 1.88. The summed E-state index contributed by atoms with van der Waals surface area (Å²) in [5.74, 6) is 0. The Morgan fingerprint density at radius 3 is 2.36 bits per heavy atom. The Morgan fingerprint density at radius 1 is 0.929 bits per heavy atom. The molecule has 14 heavy (non-hydrogen) atoms. The predicted octanol–water partition coefficient (Wildman–Crippen LogP) is 4.09. The molecule has 0 aromatic heterocycles. The van der Waals surface area contributed by atoms with E-state index in [-0.39, 0.29) is 5.56 Å². The molecule has 0 spiro atoms. The summed E-state index contributed by atoms with van der Waals surface area (Å²) in [6, 6.07) is 10.6. The van der Waals surface area contributed by atoms with Crippen molar-refractivity contribution in [3.05, 3.63) is 47.5 Å². The largest absolute Gasteiger partial charge is 0.263 e. The van der Waals surface area contributed by atoms with Crippen molar-refractivity contribution in [1.29, 1.82) is 0 Å². The van der Waals surface area contributed by atoms with E-state index in [1.54, 1.807) is 12.1 Å². The van der Waals surface area contributed by atoms with Crippen molar-refractivity contribution in [3.8, 4) is 0 Å². The predicted molar refractivity (Wildman–Crippen MR) is 53.6 cm³/mol. The molecule has 2 aromatic rings. The molecule has 0 radical (unpaired) electrons. The maximum atomic E-state index is 12.4. The highest BCUT2D eigenvalue weighted by atomic mass is 19.3. The Labute approximate surface area is 81.2 Å². The van der Waals surface area contributed by atoms with Gasteiger partial charge in [-0.1, -0.05) is 35.9 Å². The van der Waals surface area contributed by atoms with Gasteiger partial charge in [0, 0.05) is 5.56 Å². The molecule has 0 fully saturated rings. The summed E-state index contributed by atoms with van der Waals surface area (Å²) >= 11 is 0. The molecule has 2 aromatic carbocycles. The van der Waals surface area contributed by atoms with Crippen LogP contribution in [0.15, 0.2) is 36.4 Å². The van der Waals surface area contributed by atoms with Gasteiger partial charge in [-0.2, -0.15) is 0 Å². The zero-order chi connectivity index (χ0) is 10.1. The third-order valence-electron chi connectivity index (χ3n) is 2.27. The van der Waals surface area contributed by atoms with Gasteiger partial charge in [-0.3, -0.25) is 0 Å². The Balaban J connectivity index is 2.63. The number of hydrogen-bond acceptors (Lipinski definition) is 0. The van der Waals surface area contributed by atoms with Crippen molar-refractivity contribution in [3.63, 3.8) is 0 Å². The number of halogens is 2. The Bertz CT molecular complexity index is 461. The van der Waals surface area contributed by atoms with E-state index in [1.165, 1.54) is 6.07 Å². The first-order valence-electron chi connectivity index (χ1n) is 4.45. The number of fused-ring (bicyclic) bond motifs is 1. The van der Waals surface area contributed by atoms with Gasteiger partial charge < -0.3 is 0 Å². The van der Waals surface area contributed by atoms with Crippen LogP contribution in [-0.2, 0) is 0 Å². The van der Waals surface area contributed by atoms with E-state index in [1.807, 2.05) is 25.1 Å². The highest BCUT2D eigenvalue weighted by Crippen LogP contribution is 2.24. The normalized spacial score (nSPS) is 11.1. The Morgan fingerprint density at radius 2 is 1.64 bits per heavy atom. The van der Waals surface area contributed by atoms with Crippen molar-refractivity contribution >= 4 is 10.8 Å². The fraction of sp³-hybridized carbons (Fsp3) is 0.167. The minimum Gasteiger partial charge on any atom is -0.205 e. The van der Waals surface area contributed by atoms with Crippen LogP contribution < -0.4 is 0 Å². The maximum Gasteiger partial charge on any atom is 0.263 e. The van der Waals surface area contributed by atoms with Crippen molar-refractivity contribution in [2.75, 3.05) is 0 Å². The second kappa shape index (κ2) is 3.37. The fourth-order valence-corrected chi connectivity index (χ4v) is 1.52. The molecule has 0 bridgehead atoms. The minimum atomic E-state index is -2.39. The van der Waals surface area contributed by atoms with E-state index in [4.69, 9.17) is 0 Å². The Hall–Kier alpha value is -1.44. The molecule has 0 N–H and O–H groups in total. The zero-order valence-corrected chi connectivity index (χ0v) is 7.80. The van der Waals surface area contributed by atoms with E-state index in [0.717, 1.165) is 16.3 Å². The first kappa shape index (κ1) is 9.13. The third-order valence-corrected chi connectivity index (χ3v) is 2.27. The van der Waals surface area contributed by atoms with E-state index in [2.05, 4.69) is 0 Å². The summed E-state index contributed by atoms with van der Waals surface area (Å²) in [4.78, 5) is 0. The van der Waals surface area contributed by atoms with Gasteiger partial charge in [0.05, 0.1) is 0 Å². The molecule has 0 saturated carbocycles. The van der Waals surface area contributed by atoms with Gasteiger partial charge >= 0.3 is 0 Å². The van der Waals surface area contributed by atoms with E-state index >= 15 is 0 Å². The monoisotopic (exact) mass is 192 g/mol. The second-order valence-electron chi connectivity index (χ2n) is 3.41. The first-order chi connectivity index (χ1) is 6.66. The minimum absolute atomic E-state index is 0.0862. The van der Waals surface area contributed by atoms with Gasteiger partial charge in [-0.25, -0.2) is 8.78 Å². The lowest BCUT2D eigenvalue weighted by Gasteiger charge is -2.03. The number of alkyl halides is 2. The topological polar surface area (TPSA) is 0 Å². The van der Waals surface area contributed by atoms with Crippen LogP contribution in [0.4, 0.5) is 8.78 Å². The van der Waals surface area contributed by atoms with Gasteiger partial charge in [-0.05, 0) is 23.8 Å². The highest BCUT2D eigenvalue weighted by molar-refractivity contribution is 5.83. The third kappa shape index (κ3) is 1.60. The lowest BCUT2D eigenvalue weighted by molar-refractivity contribution is 0.151. The quantitative estimate of drug-likeness (QED) is 0.638. The average molecular weight is 192 g/mol. The summed E-state index contributed by atoms with van der Waals surface area (Å²) in [5.41, 5.74) is 1.17. The second-order valence-corrected chi connectivity index (χ2v) is 3.41. The van der Waals surface area contributed by atoms with Crippen LogP contribution in [0.2, 0.25) is 0 Å². The zero-order valence-electron chi connectivity index (χ0n) is 7.80. The summed E-state index contributed by atoms with van der Waals surface area (Å²) in [6.45, 7) is 1.95. The number of hydrogen-bond donors (Lipinski definition) is 0. The van der Waals surface area contributed by atoms with Crippen LogP contribution in [-0.4, -0.2) is 0 Å². The smallest absolute Gasteiger partial charge is 0.205 e. The maximum absolute atomic E-state index is 12.4. The molecular formula is C12H10F2. The standard InChI is InChI=1S/C12H10F2/c1-8-2-3-9-4-5-10(12(13)14)7-11(9)6-8/h2-7,12H,1H3. The van der Waals surface area contributed by atoms with Crippen LogP contribution in [0.1, 0.15) is 17.6 Å². The van der Waals surface area contributed by atoms with Crippen LogP contribution >= 0.6 is 0 Å².